The van der Waals surface area contributed by atoms with Crippen LogP contribution in [0.2, 0.25) is 0 Å². The van der Waals surface area contributed by atoms with E-state index in [2.05, 4.69) is 20.4 Å². The molecule has 1 aliphatic rings. The molecule has 1 aromatic carbocycles. The monoisotopic (exact) mass is 312 g/mol. The summed E-state index contributed by atoms with van der Waals surface area (Å²) in [7, 11) is 0. The minimum Gasteiger partial charge on any atom is -0.378 e. The van der Waals surface area contributed by atoms with E-state index < -0.39 is 0 Å². The Morgan fingerprint density at radius 1 is 1.09 bits per heavy atom. The lowest BCUT2D eigenvalue weighted by Crippen LogP contribution is -2.36. The molecule has 1 aliphatic heterocycles. The molecule has 23 heavy (non-hydrogen) atoms. The normalized spacial score (nSPS) is 14.6. The number of benzene rings is 1. The first-order valence-corrected chi connectivity index (χ1v) is 7.68. The summed E-state index contributed by atoms with van der Waals surface area (Å²) < 4.78 is 5.32. The van der Waals surface area contributed by atoms with Crippen LogP contribution in [0.25, 0.3) is 0 Å². The number of anilines is 2. The average Bonchev–Trinajstić information content (AvgIpc) is 2.59. The van der Waals surface area contributed by atoms with Crippen LogP contribution in [0.4, 0.5) is 11.6 Å². The summed E-state index contributed by atoms with van der Waals surface area (Å²) in [5.41, 5.74) is 2.87. The van der Waals surface area contributed by atoms with Crippen molar-refractivity contribution in [1.82, 2.24) is 10.2 Å². The molecule has 1 amide bonds. The summed E-state index contributed by atoms with van der Waals surface area (Å²) >= 11 is 0. The quantitative estimate of drug-likeness (QED) is 0.941. The topological polar surface area (TPSA) is 67.4 Å². The van der Waals surface area contributed by atoms with Crippen molar-refractivity contribution >= 4 is 17.5 Å². The third kappa shape index (κ3) is 3.65. The maximum Gasteiger partial charge on any atom is 0.256 e. The average molecular weight is 312 g/mol. The number of morpholine rings is 1. The molecule has 1 N–H and O–H groups in total. The Bertz CT molecular complexity index is 694. The van der Waals surface area contributed by atoms with Gasteiger partial charge >= 0.3 is 0 Å². The third-order valence-corrected chi connectivity index (χ3v) is 4.00. The molecule has 0 atom stereocenters. The molecule has 1 saturated heterocycles. The SMILES string of the molecule is Cc1ccc(C(=O)Nc2ccc(N3CCOCC3)nn2)cc1C. The van der Waals surface area contributed by atoms with Gasteiger partial charge in [-0.05, 0) is 49.2 Å². The van der Waals surface area contributed by atoms with Crippen LogP contribution in [0.1, 0.15) is 21.5 Å². The number of nitrogens with zero attached hydrogens (tertiary/aromatic N) is 3. The molecule has 2 heterocycles. The lowest BCUT2D eigenvalue weighted by molar-refractivity contribution is 0.102. The summed E-state index contributed by atoms with van der Waals surface area (Å²) in [5.74, 6) is 1.07. The van der Waals surface area contributed by atoms with E-state index in [-0.39, 0.29) is 5.91 Å². The molecule has 0 bridgehead atoms. The zero-order chi connectivity index (χ0) is 16.2. The molecule has 1 aromatic heterocycles. The lowest BCUT2D eigenvalue weighted by Gasteiger charge is -2.27. The number of amides is 1. The van der Waals surface area contributed by atoms with E-state index in [1.807, 2.05) is 38.1 Å². The highest BCUT2D eigenvalue weighted by Crippen LogP contribution is 2.15. The molecular weight excluding hydrogens is 292 g/mol. The second kappa shape index (κ2) is 6.75. The first kappa shape index (κ1) is 15.4. The van der Waals surface area contributed by atoms with Crippen LogP contribution in [0.15, 0.2) is 30.3 Å². The van der Waals surface area contributed by atoms with Crippen LogP contribution >= 0.6 is 0 Å². The molecule has 3 rings (SSSR count). The molecule has 0 radical (unpaired) electrons. The Kier molecular flexibility index (Phi) is 4.52. The van der Waals surface area contributed by atoms with E-state index in [1.165, 1.54) is 0 Å². The minimum atomic E-state index is -0.179. The highest BCUT2D eigenvalue weighted by molar-refractivity contribution is 6.03. The number of carbonyl (C=O) groups excluding carboxylic acids is 1. The van der Waals surface area contributed by atoms with Crippen molar-refractivity contribution in [1.29, 1.82) is 0 Å². The predicted molar refractivity (Wildman–Crippen MR) is 88.9 cm³/mol. The van der Waals surface area contributed by atoms with Gasteiger partial charge in [-0.25, -0.2) is 0 Å². The number of nitrogens with one attached hydrogen (secondary N) is 1. The van der Waals surface area contributed by atoms with E-state index >= 15 is 0 Å². The van der Waals surface area contributed by atoms with Gasteiger partial charge in [-0.3, -0.25) is 4.79 Å². The second-order valence-corrected chi connectivity index (χ2v) is 5.63. The van der Waals surface area contributed by atoms with Gasteiger partial charge in [0.15, 0.2) is 11.6 Å². The Morgan fingerprint density at radius 3 is 2.52 bits per heavy atom. The summed E-state index contributed by atoms with van der Waals surface area (Å²) in [6, 6.07) is 9.27. The van der Waals surface area contributed by atoms with Crippen LogP contribution < -0.4 is 10.2 Å². The summed E-state index contributed by atoms with van der Waals surface area (Å²) in [6.07, 6.45) is 0. The van der Waals surface area contributed by atoms with Crippen molar-refractivity contribution in [2.24, 2.45) is 0 Å². The Labute approximate surface area is 135 Å². The Balaban J connectivity index is 1.67. The molecule has 1 fully saturated rings. The zero-order valence-electron chi connectivity index (χ0n) is 13.4. The van der Waals surface area contributed by atoms with Gasteiger partial charge in [0, 0.05) is 18.7 Å². The van der Waals surface area contributed by atoms with Crippen molar-refractivity contribution in [2.45, 2.75) is 13.8 Å². The van der Waals surface area contributed by atoms with Crippen molar-refractivity contribution in [3.05, 3.63) is 47.0 Å². The number of aromatic nitrogens is 2. The fourth-order valence-corrected chi connectivity index (χ4v) is 2.42. The number of hydrogen-bond acceptors (Lipinski definition) is 5. The summed E-state index contributed by atoms with van der Waals surface area (Å²) in [6.45, 7) is 7.03. The van der Waals surface area contributed by atoms with Crippen molar-refractivity contribution in [2.75, 3.05) is 36.5 Å². The first-order chi connectivity index (χ1) is 11.1. The largest absolute Gasteiger partial charge is 0.378 e. The van der Waals surface area contributed by atoms with E-state index in [1.54, 1.807) is 6.07 Å². The van der Waals surface area contributed by atoms with Crippen LogP contribution in [0.5, 0.6) is 0 Å². The second-order valence-electron chi connectivity index (χ2n) is 5.63. The molecule has 120 valence electrons. The van der Waals surface area contributed by atoms with Crippen molar-refractivity contribution in [3.63, 3.8) is 0 Å². The smallest absolute Gasteiger partial charge is 0.256 e. The highest BCUT2D eigenvalue weighted by atomic mass is 16.5. The van der Waals surface area contributed by atoms with E-state index in [0.29, 0.717) is 24.6 Å². The molecule has 0 unspecified atom stereocenters. The summed E-state index contributed by atoms with van der Waals surface area (Å²) in [5, 5.41) is 11.1. The molecule has 0 aliphatic carbocycles. The van der Waals surface area contributed by atoms with Gasteiger partial charge in [-0.1, -0.05) is 6.07 Å². The molecule has 6 heteroatoms. The maximum absolute atomic E-state index is 12.3. The number of aryl methyl sites for hydroxylation is 2. The Morgan fingerprint density at radius 2 is 1.87 bits per heavy atom. The third-order valence-electron chi connectivity index (χ3n) is 4.00. The predicted octanol–water partition coefficient (Wildman–Crippen LogP) is 2.18. The van der Waals surface area contributed by atoms with Crippen LogP contribution in [0, 0.1) is 13.8 Å². The zero-order valence-corrected chi connectivity index (χ0v) is 13.4. The molecule has 2 aromatic rings. The van der Waals surface area contributed by atoms with Gasteiger partial charge in [0.1, 0.15) is 0 Å². The van der Waals surface area contributed by atoms with Crippen LogP contribution in [-0.4, -0.2) is 42.4 Å². The number of rotatable bonds is 3. The maximum atomic E-state index is 12.3. The van der Waals surface area contributed by atoms with Crippen molar-refractivity contribution < 1.29 is 9.53 Å². The van der Waals surface area contributed by atoms with Crippen molar-refractivity contribution in [3.8, 4) is 0 Å². The van der Waals surface area contributed by atoms with Gasteiger partial charge in [-0.15, -0.1) is 10.2 Å². The fraction of sp³-hybridized carbons (Fsp3) is 0.353. The molecule has 6 nitrogen and oxygen atoms in total. The number of hydrogen-bond donors (Lipinski definition) is 1. The molecule has 0 spiro atoms. The first-order valence-electron chi connectivity index (χ1n) is 7.68. The van der Waals surface area contributed by atoms with E-state index in [9.17, 15) is 4.79 Å². The van der Waals surface area contributed by atoms with Crippen LogP contribution in [-0.2, 0) is 4.74 Å². The standard InChI is InChI=1S/C17H20N4O2/c1-12-3-4-14(11-13(12)2)17(22)18-15-5-6-16(20-19-15)21-7-9-23-10-8-21/h3-6,11H,7-10H2,1-2H3,(H,18,19,22). The lowest BCUT2D eigenvalue weighted by atomic mass is 10.1. The minimum absolute atomic E-state index is 0.179. The summed E-state index contributed by atoms with van der Waals surface area (Å²) in [4.78, 5) is 14.4. The van der Waals surface area contributed by atoms with Gasteiger partial charge in [-0.2, -0.15) is 0 Å². The van der Waals surface area contributed by atoms with Gasteiger partial charge in [0.25, 0.3) is 5.91 Å². The Hall–Kier alpha value is -2.47. The van der Waals surface area contributed by atoms with Gasteiger partial charge < -0.3 is 15.0 Å². The van der Waals surface area contributed by atoms with Gasteiger partial charge in [0.2, 0.25) is 0 Å². The molecule has 0 saturated carbocycles. The number of ether oxygens (including phenoxy) is 1. The van der Waals surface area contributed by atoms with Gasteiger partial charge in [0.05, 0.1) is 13.2 Å². The van der Waals surface area contributed by atoms with E-state index in [4.69, 9.17) is 4.74 Å². The van der Waals surface area contributed by atoms with E-state index in [0.717, 1.165) is 30.0 Å². The molecular formula is C17H20N4O2. The number of carbonyl (C=O) groups is 1. The fourth-order valence-electron chi connectivity index (χ4n) is 2.42. The van der Waals surface area contributed by atoms with Crippen LogP contribution in [0.3, 0.4) is 0 Å². The highest BCUT2D eigenvalue weighted by Gasteiger charge is 2.13.